The largest absolute Gasteiger partial charge is 0.493 e. The average Bonchev–Trinajstić information content (AvgIpc) is 2.63. The lowest BCUT2D eigenvalue weighted by atomic mass is 10.2. The van der Waals surface area contributed by atoms with Crippen LogP contribution in [-0.4, -0.2) is 16.4 Å². The number of nitrogens with zero attached hydrogens (tertiary/aromatic N) is 2. The van der Waals surface area contributed by atoms with Crippen LogP contribution in [0.1, 0.15) is 24.7 Å². The zero-order valence-electron chi connectivity index (χ0n) is 11.4. The maximum absolute atomic E-state index is 6.17. The molecule has 102 valence electrons. The Bertz CT molecular complexity index is 593. The minimum Gasteiger partial charge on any atom is -0.493 e. The lowest BCUT2D eigenvalue weighted by Gasteiger charge is -2.10. The van der Waals surface area contributed by atoms with E-state index >= 15 is 0 Å². The van der Waals surface area contributed by atoms with Gasteiger partial charge in [0.15, 0.2) is 0 Å². The van der Waals surface area contributed by atoms with E-state index in [1.807, 2.05) is 32.0 Å². The number of rotatable bonds is 4. The van der Waals surface area contributed by atoms with Gasteiger partial charge in [-0.05, 0) is 26.3 Å². The summed E-state index contributed by atoms with van der Waals surface area (Å²) in [5.41, 5.74) is 9.11. The monoisotopic (exact) mass is 279 g/mol. The van der Waals surface area contributed by atoms with E-state index < -0.39 is 0 Å². The van der Waals surface area contributed by atoms with Crippen molar-refractivity contribution < 1.29 is 4.74 Å². The summed E-state index contributed by atoms with van der Waals surface area (Å²) in [5.74, 6) is 0.750. The van der Waals surface area contributed by atoms with Gasteiger partial charge in [0.2, 0.25) is 0 Å². The molecule has 0 spiro atoms. The van der Waals surface area contributed by atoms with Crippen LogP contribution in [0.25, 0.3) is 5.69 Å². The first-order valence-corrected chi connectivity index (χ1v) is 6.66. The summed E-state index contributed by atoms with van der Waals surface area (Å²) in [6, 6.07) is 5.59. The lowest BCUT2D eigenvalue weighted by molar-refractivity contribution is 0.317. The van der Waals surface area contributed by atoms with Crippen LogP contribution < -0.4 is 10.5 Å². The van der Waals surface area contributed by atoms with Crippen LogP contribution in [0.2, 0.25) is 5.02 Å². The molecule has 2 rings (SSSR count). The third-order valence-electron chi connectivity index (χ3n) is 2.83. The van der Waals surface area contributed by atoms with Crippen LogP contribution in [0.5, 0.6) is 5.75 Å². The molecule has 0 saturated carbocycles. The maximum Gasteiger partial charge on any atom is 0.123 e. The first-order chi connectivity index (χ1) is 9.02. The molecule has 0 fully saturated rings. The van der Waals surface area contributed by atoms with Crippen LogP contribution in [0.4, 0.5) is 5.69 Å². The molecular weight excluding hydrogens is 262 g/mol. The predicted molar refractivity (Wildman–Crippen MR) is 78.2 cm³/mol. The Morgan fingerprint density at radius 2 is 2.05 bits per heavy atom. The highest BCUT2D eigenvalue weighted by Gasteiger charge is 2.12. The lowest BCUT2D eigenvalue weighted by Crippen LogP contribution is -2.02. The Labute approximate surface area is 118 Å². The summed E-state index contributed by atoms with van der Waals surface area (Å²) >= 11 is 6.17. The van der Waals surface area contributed by atoms with Crippen molar-refractivity contribution in [1.82, 2.24) is 9.78 Å². The summed E-state index contributed by atoms with van der Waals surface area (Å²) in [4.78, 5) is 0. The smallest absolute Gasteiger partial charge is 0.123 e. The predicted octanol–water partition coefficient (Wildman–Crippen LogP) is 3.51. The van der Waals surface area contributed by atoms with E-state index in [-0.39, 0.29) is 0 Å². The van der Waals surface area contributed by atoms with E-state index in [1.165, 1.54) is 0 Å². The highest BCUT2D eigenvalue weighted by atomic mass is 35.5. The molecule has 0 aliphatic heterocycles. The number of ether oxygens (including phenoxy) is 1. The van der Waals surface area contributed by atoms with Gasteiger partial charge in [0, 0.05) is 17.8 Å². The van der Waals surface area contributed by atoms with Gasteiger partial charge in [-0.3, -0.25) is 0 Å². The molecule has 0 radical (unpaired) electrons. The third kappa shape index (κ3) is 2.84. The minimum atomic E-state index is 0.646. The molecule has 2 N–H and O–H groups in total. The van der Waals surface area contributed by atoms with Crippen LogP contribution in [0.3, 0.4) is 0 Å². The Morgan fingerprint density at radius 1 is 1.32 bits per heavy atom. The van der Waals surface area contributed by atoms with Gasteiger partial charge in [0.1, 0.15) is 5.75 Å². The van der Waals surface area contributed by atoms with Crippen LogP contribution in [0.15, 0.2) is 18.2 Å². The van der Waals surface area contributed by atoms with Crippen molar-refractivity contribution in [3.05, 3.63) is 34.6 Å². The Balaban J connectivity index is 2.43. The van der Waals surface area contributed by atoms with Gasteiger partial charge in [-0.15, -0.1) is 0 Å². The zero-order chi connectivity index (χ0) is 14.0. The van der Waals surface area contributed by atoms with Crippen LogP contribution in [-0.2, 0) is 0 Å². The number of benzene rings is 1. The van der Waals surface area contributed by atoms with E-state index in [9.17, 15) is 0 Å². The van der Waals surface area contributed by atoms with Gasteiger partial charge in [-0.25, -0.2) is 4.68 Å². The molecule has 0 unspecified atom stereocenters. The number of nitrogen functional groups attached to an aromatic ring is 1. The topological polar surface area (TPSA) is 53.1 Å². The molecular formula is C14H18ClN3O. The second-order valence-corrected chi connectivity index (χ2v) is 4.88. The van der Waals surface area contributed by atoms with E-state index in [2.05, 4.69) is 12.0 Å². The average molecular weight is 280 g/mol. The fourth-order valence-corrected chi connectivity index (χ4v) is 2.02. The molecule has 1 aromatic carbocycles. The van der Waals surface area contributed by atoms with Crippen molar-refractivity contribution >= 4 is 17.3 Å². The van der Waals surface area contributed by atoms with Gasteiger partial charge in [0.05, 0.1) is 28.7 Å². The summed E-state index contributed by atoms with van der Waals surface area (Å²) in [5, 5.41) is 5.10. The first-order valence-electron chi connectivity index (χ1n) is 6.28. The second-order valence-electron chi connectivity index (χ2n) is 4.51. The van der Waals surface area contributed by atoms with Gasteiger partial charge >= 0.3 is 0 Å². The molecule has 0 amide bonds. The van der Waals surface area contributed by atoms with Gasteiger partial charge in [-0.2, -0.15) is 5.10 Å². The molecule has 5 heteroatoms. The van der Waals surface area contributed by atoms with Gasteiger partial charge < -0.3 is 10.5 Å². The van der Waals surface area contributed by atoms with Crippen molar-refractivity contribution in [3.8, 4) is 11.4 Å². The Kier molecular flexibility index (Phi) is 4.00. The Hall–Kier alpha value is -1.68. The quantitative estimate of drug-likeness (QED) is 0.871. The second kappa shape index (κ2) is 5.53. The number of nitrogens with two attached hydrogens (primary N) is 1. The fourth-order valence-electron chi connectivity index (χ4n) is 1.91. The highest BCUT2D eigenvalue weighted by molar-refractivity contribution is 6.31. The summed E-state index contributed by atoms with van der Waals surface area (Å²) in [7, 11) is 0. The molecule has 0 saturated heterocycles. The number of halogens is 1. The number of hydrogen-bond donors (Lipinski definition) is 1. The molecule has 0 aliphatic carbocycles. The standard InChI is InChI=1S/C14H18ClN3O/c1-4-5-19-13-7-11(16)6-12(8-13)18-10(3)14(15)9(2)17-18/h6-8H,4-5,16H2,1-3H3. The molecule has 2 aromatic rings. The molecule has 1 aromatic heterocycles. The molecule has 4 nitrogen and oxygen atoms in total. The van der Waals surface area contributed by atoms with Crippen molar-refractivity contribution in [3.63, 3.8) is 0 Å². The van der Waals surface area contributed by atoms with Crippen molar-refractivity contribution in [2.45, 2.75) is 27.2 Å². The number of aromatic nitrogens is 2. The molecule has 0 atom stereocenters. The van der Waals surface area contributed by atoms with Crippen molar-refractivity contribution in [1.29, 1.82) is 0 Å². The molecule has 1 heterocycles. The summed E-state index contributed by atoms with van der Waals surface area (Å²) < 4.78 is 7.41. The SMILES string of the molecule is CCCOc1cc(N)cc(-n2nc(C)c(Cl)c2C)c1. The number of hydrogen-bond acceptors (Lipinski definition) is 3. The van der Waals surface area contributed by atoms with Gasteiger partial charge in [-0.1, -0.05) is 18.5 Å². The molecule has 0 aliphatic rings. The van der Waals surface area contributed by atoms with Crippen molar-refractivity contribution in [2.24, 2.45) is 0 Å². The number of aryl methyl sites for hydroxylation is 1. The van der Waals surface area contributed by atoms with E-state index in [4.69, 9.17) is 22.1 Å². The third-order valence-corrected chi connectivity index (χ3v) is 3.38. The van der Waals surface area contributed by atoms with E-state index in [0.29, 0.717) is 17.3 Å². The summed E-state index contributed by atoms with van der Waals surface area (Å²) in [6.45, 7) is 6.54. The minimum absolute atomic E-state index is 0.646. The first kappa shape index (κ1) is 13.7. The van der Waals surface area contributed by atoms with Crippen LogP contribution in [0, 0.1) is 13.8 Å². The number of anilines is 1. The molecule has 19 heavy (non-hydrogen) atoms. The summed E-state index contributed by atoms with van der Waals surface area (Å²) in [6.07, 6.45) is 0.954. The van der Waals surface area contributed by atoms with Gasteiger partial charge in [0.25, 0.3) is 0 Å². The highest BCUT2D eigenvalue weighted by Crippen LogP contribution is 2.26. The maximum atomic E-state index is 6.17. The van der Waals surface area contributed by atoms with Crippen molar-refractivity contribution in [2.75, 3.05) is 12.3 Å². The van der Waals surface area contributed by atoms with E-state index in [1.54, 1.807) is 4.68 Å². The van der Waals surface area contributed by atoms with Crippen LogP contribution >= 0.6 is 11.6 Å². The normalized spacial score (nSPS) is 10.7. The van der Waals surface area contributed by atoms with E-state index in [0.717, 1.165) is 29.2 Å². The molecule has 0 bridgehead atoms. The zero-order valence-corrected chi connectivity index (χ0v) is 12.2. The fraction of sp³-hybridized carbons (Fsp3) is 0.357. The Morgan fingerprint density at radius 3 is 2.63 bits per heavy atom.